The summed E-state index contributed by atoms with van der Waals surface area (Å²) in [6.07, 6.45) is 8.93. The molecule has 0 amide bonds. The summed E-state index contributed by atoms with van der Waals surface area (Å²) in [4.78, 5) is 16.1. The first-order valence-corrected chi connectivity index (χ1v) is 8.33. The lowest BCUT2D eigenvalue weighted by Crippen LogP contribution is -2.26. The highest BCUT2D eigenvalue weighted by Gasteiger charge is 2.32. The maximum absolute atomic E-state index is 5.01. The lowest BCUT2D eigenvalue weighted by Gasteiger charge is -2.25. The molecule has 2 aliphatic rings. The van der Waals surface area contributed by atoms with E-state index in [1.807, 2.05) is 6.92 Å². The highest BCUT2D eigenvalue weighted by molar-refractivity contribution is 5.43. The quantitative estimate of drug-likeness (QED) is 0.855. The normalized spacial score (nSPS) is 21.2. The number of anilines is 1. The fourth-order valence-electron chi connectivity index (χ4n) is 3.91. The molecule has 22 heavy (non-hydrogen) atoms. The second kappa shape index (κ2) is 5.38. The van der Waals surface area contributed by atoms with Crippen molar-refractivity contribution in [2.75, 3.05) is 11.4 Å². The number of rotatable bonds is 2. The average Bonchev–Trinajstić information content (AvgIpc) is 3.12. The fraction of sp³-hybridized carbons (Fsp3) is 0.588. The van der Waals surface area contributed by atoms with E-state index in [4.69, 9.17) is 4.98 Å². The zero-order chi connectivity index (χ0) is 15.1. The lowest BCUT2D eigenvalue weighted by atomic mass is 10.0. The van der Waals surface area contributed by atoms with E-state index in [0.717, 1.165) is 30.9 Å². The molecule has 116 valence electrons. The molecule has 5 heteroatoms. The van der Waals surface area contributed by atoms with Crippen LogP contribution < -0.4 is 4.90 Å². The molecule has 0 radical (unpaired) electrons. The van der Waals surface area contributed by atoms with Crippen LogP contribution in [0.15, 0.2) is 12.4 Å². The van der Waals surface area contributed by atoms with Crippen molar-refractivity contribution in [1.29, 1.82) is 0 Å². The molecule has 3 heterocycles. The van der Waals surface area contributed by atoms with E-state index in [1.54, 1.807) is 6.33 Å². The predicted molar refractivity (Wildman–Crippen MR) is 85.9 cm³/mol. The van der Waals surface area contributed by atoms with Crippen LogP contribution in [0.1, 0.15) is 54.6 Å². The lowest BCUT2D eigenvalue weighted by molar-refractivity contribution is 0.606. The van der Waals surface area contributed by atoms with Crippen LogP contribution in [0.25, 0.3) is 0 Å². The van der Waals surface area contributed by atoms with Crippen molar-refractivity contribution in [2.24, 2.45) is 7.05 Å². The number of hydrogen-bond donors (Lipinski definition) is 0. The van der Waals surface area contributed by atoms with Gasteiger partial charge in [-0.05, 0) is 45.4 Å². The van der Waals surface area contributed by atoms with Gasteiger partial charge in [-0.25, -0.2) is 15.0 Å². The molecule has 1 aliphatic heterocycles. The molecule has 0 saturated carbocycles. The summed E-state index contributed by atoms with van der Waals surface area (Å²) in [5, 5.41) is 0. The van der Waals surface area contributed by atoms with Crippen LogP contribution in [0.2, 0.25) is 0 Å². The Labute approximate surface area is 131 Å². The molecular weight excluding hydrogens is 274 g/mol. The maximum Gasteiger partial charge on any atom is 0.132 e. The van der Waals surface area contributed by atoms with Crippen LogP contribution in [0.5, 0.6) is 0 Å². The summed E-state index contributed by atoms with van der Waals surface area (Å²) in [5.41, 5.74) is 3.80. The second-order valence-electron chi connectivity index (χ2n) is 6.50. The Morgan fingerprint density at radius 3 is 2.82 bits per heavy atom. The molecule has 0 N–H and O–H groups in total. The van der Waals surface area contributed by atoms with Crippen molar-refractivity contribution in [1.82, 2.24) is 19.5 Å². The van der Waals surface area contributed by atoms with E-state index in [9.17, 15) is 0 Å². The van der Waals surface area contributed by atoms with Crippen molar-refractivity contribution in [3.63, 3.8) is 0 Å². The number of hydrogen-bond acceptors (Lipinski definition) is 4. The van der Waals surface area contributed by atoms with Crippen LogP contribution in [-0.2, 0) is 19.9 Å². The second-order valence-corrected chi connectivity index (χ2v) is 6.50. The number of aryl methyl sites for hydroxylation is 2. The van der Waals surface area contributed by atoms with E-state index >= 15 is 0 Å². The van der Waals surface area contributed by atoms with E-state index in [-0.39, 0.29) is 0 Å². The Hall–Kier alpha value is -1.91. The Morgan fingerprint density at radius 2 is 2.00 bits per heavy atom. The van der Waals surface area contributed by atoms with Crippen LogP contribution in [0, 0.1) is 6.92 Å². The summed E-state index contributed by atoms with van der Waals surface area (Å²) in [5.74, 6) is 2.26. The Bertz CT molecular complexity index is 690. The SMILES string of the molecule is Cc1cc(N2CCCC2c2nc3c(n2C)CCCC3)ncn1. The van der Waals surface area contributed by atoms with Gasteiger partial charge in [-0.2, -0.15) is 0 Å². The minimum Gasteiger partial charge on any atom is -0.346 e. The molecule has 1 unspecified atom stereocenters. The van der Waals surface area contributed by atoms with E-state index in [2.05, 4.69) is 32.5 Å². The molecule has 4 rings (SSSR count). The van der Waals surface area contributed by atoms with Gasteiger partial charge in [0.15, 0.2) is 0 Å². The summed E-state index contributed by atoms with van der Waals surface area (Å²) in [6.45, 7) is 3.08. The third-order valence-electron chi connectivity index (χ3n) is 5.04. The van der Waals surface area contributed by atoms with Gasteiger partial charge in [0.2, 0.25) is 0 Å². The van der Waals surface area contributed by atoms with Gasteiger partial charge >= 0.3 is 0 Å². The highest BCUT2D eigenvalue weighted by Crippen LogP contribution is 2.36. The molecule has 1 fully saturated rings. The number of nitrogens with zero attached hydrogens (tertiary/aromatic N) is 5. The average molecular weight is 297 g/mol. The summed E-state index contributed by atoms with van der Waals surface area (Å²) in [7, 11) is 2.19. The molecule has 1 saturated heterocycles. The maximum atomic E-state index is 5.01. The minimum atomic E-state index is 0.352. The number of imidazole rings is 1. The number of aromatic nitrogens is 4. The Morgan fingerprint density at radius 1 is 1.14 bits per heavy atom. The number of fused-ring (bicyclic) bond motifs is 1. The van der Waals surface area contributed by atoms with Crippen molar-refractivity contribution in [3.8, 4) is 0 Å². The third kappa shape index (κ3) is 2.19. The molecule has 0 bridgehead atoms. The van der Waals surface area contributed by atoms with Crippen LogP contribution >= 0.6 is 0 Å². The van der Waals surface area contributed by atoms with Gasteiger partial charge in [0.25, 0.3) is 0 Å². The molecule has 0 aromatic carbocycles. The van der Waals surface area contributed by atoms with Gasteiger partial charge in [0.05, 0.1) is 11.7 Å². The first-order chi connectivity index (χ1) is 10.7. The summed E-state index contributed by atoms with van der Waals surface area (Å²) >= 11 is 0. The third-order valence-corrected chi connectivity index (χ3v) is 5.04. The van der Waals surface area contributed by atoms with Gasteiger partial charge in [-0.3, -0.25) is 0 Å². The first-order valence-electron chi connectivity index (χ1n) is 8.33. The Kier molecular flexibility index (Phi) is 3.36. The standard InChI is InChI=1S/C17H23N5/c1-12-10-16(19-11-18-12)22-9-5-8-15(22)17-20-13-6-3-4-7-14(13)21(17)2/h10-11,15H,3-9H2,1-2H3. The highest BCUT2D eigenvalue weighted by atomic mass is 15.3. The Balaban J connectivity index is 1.71. The smallest absolute Gasteiger partial charge is 0.132 e. The first kappa shape index (κ1) is 13.7. The fourth-order valence-corrected chi connectivity index (χ4v) is 3.91. The molecule has 0 spiro atoms. The van der Waals surface area contributed by atoms with Crippen LogP contribution in [0.3, 0.4) is 0 Å². The van der Waals surface area contributed by atoms with Crippen molar-refractivity contribution >= 4 is 5.82 Å². The zero-order valence-electron chi connectivity index (χ0n) is 13.4. The van der Waals surface area contributed by atoms with Gasteiger partial charge in [-0.15, -0.1) is 0 Å². The van der Waals surface area contributed by atoms with E-state index < -0.39 is 0 Å². The van der Waals surface area contributed by atoms with E-state index in [1.165, 1.54) is 42.9 Å². The molecule has 1 atom stereocenters. The van der Waals surface area contributed by atoms with Gasteiger partial charge in [0, 0.05) is 31.0 Å². The predicted octanol–water partition coefficient (Wildman–Crippen LogP) is 2.74. The molecule has 2 aromatic rings. The van der Waals surface area contributed by atoms with Gasteiger partial charge in [-0.1, -0.05) is 0 Å². The topological polar surface area (TPSA) is 46.8 Å². The van der Waals surface area contributed by atoms with Crippen molar-refractivity contribution in [2.45, 2.75) is 51.5 Å². The molecule has 1 aliphatic carbocycles. The summed E-state index contributed by atoms with van der Waals surface area (Å²) < 4.78 is 2.35. The monoisotopic (exact) mass is 297 g/mol. The van der Waals surface area contributed by atoms with Gasteiger partial charge < -0.3 is 9.47 Å². The van der Waals surface area contributed by atoms with Crippen molar-refractivity contribution < 1.29 is 0 Å². The van der Waals surface area contributed by atoms with Gasteiger partial charge in [0.1, 0.15) is 18.0 Å². The van der Waals surface area contributed by atoms with Crippen molar-refractivity contribution in [3.05, 3.63) is 35.3 Å². The molecular formula is C17H23N5. The van der Waals surface area contributed by atoms with E-state index in [0.29, 0.717) is 6.04 Å². The minimum absolute atomic E-state index is 0.352. The summed E-state index contributed by atoms with van der Waals surface area (Å²) in [6, 6.07) is 2.44. The molecule has 2 aromatic heterocycles. The van der Waals surface area contributed by atoms with Crippen LogP contribution in [-0.4, -0.2) is 26.1 Å². The van der Waals surface area contributed by atoms with Crippen LogP contribution in [0.4, 0.5) is 5.82 Å². The molecule has 5 nitrogen and oxygen atoms in total. The largest absolute Gasteiger partial charge is 0.346 e. The zero-order valence-corrected chi connectivity index (χ0v) is 13.4.